The van der Waals surface area contributed by atoms with Crippen molar-refractivity contribution in [1.29, 1.82) is 0 Å². The molecule has 1 aromatic heterocycles. The van der Waals surface area contributed by atoms with Crippen molar-refractivity contribution in [2.45, 2.75) is 19.8 Å². The van der Waals surface area contributed by atoms with Crippen molar-refractivity contribution in [2.75, 3.05) is 12.8 Å². The van der Waals surface area contributed by atoms with Crippen LogP contribution in [-0.4, -0.2) is 18.1 Å². The molecular formula is C10H12F2N2O2. The van der Waals surface area contributed by atoms with Crippen LogP contribution < -0.4 is 5.73 Å². The summed E-state index contributed by atoms with van der Waals surface area (Å²) in [5.41, 5.74) is 5.60. The Labute approximate surface area is 91.4 Å². The SMILES string of the molecule is COC(=O)Cc1c(C)cc(N)nc1C(F)F. The molecule has 0 amide bonds. The summed E-state index contributed by atoms with van der Waals surface area (Å²) in [6.45, 7) is 1.60. The van der Waals surface area contributed by atoms with Crippen LogP contribution in [0.2, 0.25) is 0 Å². The number of nitrogens with zero attached hydrogens (tertiary/aromatic N) is 1. The quantitative estimate of drug-likeness (QED) is 0.801. The van der Waals surface area contributed by atoms with E-state index in [1.54, 1.807) is 6.92 Å². The van der Waals surface area contributed by atoms with Gasteiger partial charge >= 0.3 is 5.97 Å². The van der Waals surface area contributed by atoms with E-state index in [2.05, 4.69) is 9.72 Å². The number of carbonyl (C=O) groups is 1. The molecule has 88 valence electrons. The number of rotatable bonds is 3. The number of nitrogen functional groups attached to an aromatic ring is 1. The van der Waals surface area contributed by atoms with Gasteiger partial charge in [-0.2, -0.15) is 0 Å². The molecule has 0 spiro atoms. The maximum atomic E-state index is 12.7. The van der Waals surface area contributed by atoms with Gasteiger partial charge in [-0.1, -0.05) is 0 Å². The van der Waals surface area contributed by atoms with Gasteiger partial charge in [0.2, 0.25) is 0 Å². The highest BCUT2D eigenvalue weighted by Crippen LogP contribution is 2.25. The van der Waals surface area contributed by atoms with Crippen molar-refractivity contribution in [3.8, 4) is 0 Å². The van der Waals surface area contributed by atoms with Crippen LogP contribution in [0.4, 0.5) is 14.6 Å². The standard InChI is InChI=1S/C10H12F2N2O2/c1-5-3-7(13)14-9(10(11)12)6(5)4-8(15)16-2/h3,10H,4H2,1-2H3,(H2,13,14). The first kappa shape index (κ1) is 12.4. The van der Waals surface area contributed by atoms with E-state index in [1.807, 2.05) is 0 Å². The summed E-state index contributed by atoms with van der Waals surface area (Å²) in [5.74, 6) is -0.571. The Hall–Kier alpha value is -1.72. The molecule has 1 rings (SSSR count). The molecule has 1 aromatic rings. The second-order valence-electron chi connectivity index (χ2n) is 3.28. The van der Waals surface area contributed by atoms with E-state index in [9.17, 15) is 13.6 Å². The zero-order valence-electron chi connectivity index (χ0n) is 8.96. The number of hydrogen-bond acceptors (Lipinski definition) is 4. The minimum Gasteiger partial charge on any atom is -0.469 e. The van der Waals surface area contributed by atoms with E-state index in [4.69, 9.17) is 5.73 Å². The molecule has 4 nitrogen and oxygen atoms in total. The Morgan fingerprint density at radius 2 is 2.25 bits per heavy atom. The molecule has 0 fully saturated rings. The van der Waals surface area contributed by atoms with Gasteiger partial charge in [0, 0.05) is 0 Å². The number of nitrogens with two attached hydrogens (primary N) is 1. The predicted molar refractivity (Wildman–Crippen MR) is 54.1 cm³/mol. The third-order valence-electron chi connectivity index (χ3n) is 2.15. The molecule has 1 heterocycles. The molecule has 0 aromatic carbocycles. The van der Waals surface area contributed by atoms with Gasteiger partial charge in [0.15, 0.2) is 0 Å². The fourth-order valence-electron chi connectivity index (χ4n) is 1.38. The third-order valence-corrected chi connectivity index (χ3v) is 2.15. The predicted octanol–water partition coefficient (Wildman–Crippen LogP) is 1.63. The van der Waals surface area contributed by atoms with Crippen LogP contribution in [0, 0.1) is 6.92 Å². The number of aryl methyl sites for hydroxylation is 1. The monoisotopic (exact) mass is 230 g/mol. The van der Waals surface area contributed by atoms with E-state index in [0.717, 1.165) is 0 Å². The highest BCUT2D eigenvalue weighted by atomic mass is 19.3. The highest BCUT2D eigenvalue weighted by Gasteiger charge is 2.20. The van der Waals surface area contributed by atoms with E-state index in [-0.39, 0.29) is 17.8 Å². The molecule has 0 saturated heterocycles. The van der Waals surface area contributed by atoms with Gasteiger partial charge in [-0.25, -0.2) is 13.8 Å². The molecule has 0 bridgehead atoms. The van der Waals surface area contributed by atoms with Crippen molar-refractivity contribution >= 4 is 11.8 Å². The lowest BCUT2D eigenvalue weighted by atomic mass is 10.0. The second-order valence-corrected chi connectivity index (χ2v) is 3.28. The molecular weight excluding hydrogens is 218 g/mol. The molecule has 0 radical (unpaired) electrons. The van der Waals surface area contributed by atoms with Gasteiger partial charge in [0.05, 0.1) is 13.5 Å². The Morgan fingerprint density at radius 1 is 1.62 bits per heavy atom. The van der Waals surface area contributed by atoms with Gasteiger partial charge in [0.25, 0.3) is 6.43 Å². The first-order chi connectivity index (χ1) is 7.45. The zero-order chi connectivity index (χ0) is 12.3. The van der Waals surface area contributed by atoms with E-state index >= 15 is 0 Å². The topological polar surface area (TPSA) is 65.2 Å². The number of ether oxygens (including phenoxy) is 1. The van der Waals surface area contributed by atoms with Crippen LogP contribution >= 0.6 is 0 Å². The number of anilines is 1. The largest absolute Gasteiger partial charge is 0.469 e. The molecule has 2 N–H and O–H groups in total. The first-order valence-corrected chi connectivity index (χ1v) is 4.56. The summed E-state index contributed by atoms with van der Waals surface area (Å²) < 4.78 is 29.8. The lowest BCUT2D eigenvalue weighted by Crippen LogP contribution is -2.11. The zero-order valence-corrected chi connectivity index (χ0v) is 8.96. The number of carbonyl (C=O) groups excluding carboxylic acids is 1. The fourth-order valence-corrected chi connectivity index (χ4v) is 1.38. The maximum absolute atomic E-state index is 12.7. The Kier molecular flexibility index (Phi) is 3.76. The van der Waals surface area contributed by atoms with E-state index < -0.39 is 18.1 Å². The Morgan fingerprint density at radius 3 is 2.75 bits per heavy atom. The lowest BCUT2D eigenvalue weighted by molar-refractivity contribution is -0.139. The van der Waals surface area contributed by atoms with Crippen LogP contribution in [0.3, 0.4) is 0 Å². The summed E-state index contributed by atoms with van der Waals surface area (Å²) in [6, 6.07) is 1.45. The average Bonchev–Trinajstić information content (AvgIpc) is 2.20. The number of hydrogen-bond donors (Lipinski definition) is 1. The Balaban J connectivity index is 3.19. The summed E-state index contributed by atoms with van der Waals surface area (Å²) in [5, 5.41) is 0. The summed E-state index contributed by atoms with van der Waals surface area (Å²) in [4.78, 5) is 14.6. The van der Waals surface area contributed by atoms with Gasteiger partial charge in [-0.15, -0.1) is 0 Å². The van der Waals surface area contributed by atoms with Crippen LogP contribution in [0.15, 0.2) is 6.07 Å². The van der Waals surface area contributed by atoms with Gasteiger partial charge in [-0.05, 0) is 24.1 Å². The van der Waals surface area contributed by atoms with Crippen LogP contribution in [-0.2, 0) is 16.0 Å². The maximum Gasteiger partial charge on any atom is 0.310 e. The third kappa shape index (κ3) is 2.65. The number of halogens is 2. The molecule has 16 heavy (non-hydrogen) atoms. The molecule has 0 aliphatic carbocycles. The van der Waals surface area contributed by atoms with Gasteiger partial charge in [0.1, 0.15) is 11.5 Å². The number of alkyl halides is 2. The number of esters is 1. The summed E-state index contributed by atoms with van der Waals surface area (Å²) in [6.07, 6.45) is -2.99. The molecule has 6 heteroatoms. The molecule has 0 saturated carbocycles. The minimum absolute atomic E-state index is 0.0152. The van der Waals surface area contributed by atoms with Gasteiger partial charge in [-0.3, -0.25) is 4.79 Å². The first-order valence-electron chi connectivity index (χ1n) is 4.56. The van der Waals surface area contributed by atoms with E-state index in [0.29, 0.717) is 5.56 Å². The highest BCUT2D eigenvalue weighted by molar-refractivity contribution is 5.73. The normalized spacial score (nSPS) is 10.6. The molecule has 0 aliphatic rings. The fraction of sp³-hybridized carbons (Fsp3) is 0.400. The van der Waals surface area contributed by atoms with Crippen molar-refractivity contribution < 1.29 is 18.3 Å². The summed E-state index contributed by atoms with van der Waals surface area (Å²) >= 11 is 0. The lowest BCUT2D eigenvalue weighted by Gasteiger charge is -2.11. The number of pyridine rings is 1. The average molecular weight is 230 g/mol. The van der Waals surface area contributed by atoms with Crippen molar-refractivity contribution in [3.63, 3.8) is 0 Å². The molecule has 0 aliphatic heterocycles. The number of aromatic nitrogens is 1. The Bertz CT molecular complexity index is 408. The molecule has 0 unspecified atom stereocenters. The van der Waals surface area contributed by atoms with Crippen molar-refractivity contribution in [3.05, 3.63) is 22.9 Å². The molecule has 0 atom stereocenters. The number of methoxy groups -OCH3 is 1. The van der Waals surface area contributed by atoms with Crippen LogP contribution in [0.5, 0.6) is 0 Å². The van der Waals surface area contributed by atoms with Crippen molar-refractivity contribution in [1.82, 2.24) is 4.98 Å². The van der Waals surface area contributed by atoms with Crippen LogP contribution in [0.25, 0.3) is 0 Å². The van der Waals surface area contributed by atoms with Gasteiger partial charge < -0.3 is 10.5 Å². The summed E-state index contributed by atoms with van der Waals surface area (Å²) in [7, 11) is 1.20. The minimum atomic E-state index is -2.76. The van der Waals surface area contributed by atoms with Crippen molar-refractivity contribution in [2.24, 2.45) is 0 Å². The smallest absolute Gasteiger partial charge is 0.310 e. The van der Waals surface area contributed by atoms with Crippen LogP contribution in [0.1, 0.15) is 23.2 Å². The van der Waals surface area contributed by atoms with E-state index in [1.165, 1.54) is 13.2 Å². The second kappa shape index (κ2) is 4.87.